The average molecular weight is 1200 g/mol. The Morgan fingerprint density at radius 2 is 0.714 bits per heavy atom. The van der Waals surface area contributed by atoms with Crippen molar-refractivity contribution in [3.63, 3.8) is 0 Å². The zero-order chi connectivity index (χ0) is 56.5. The molecule has 0 saturated heterocycles. The van der Waals surface area contributed by atoms with Crippen molar-refractivity contribution in [2.24, 2.45) is 0 Å². The standard InChI is InChI=1S/C60H113N3O8S6/c1-8-11-14-17-20-23-49-72-75-52-46-69-57(64)32-27-39-62(42-33-59(66)70-47-53-76-73-50-24-21-18-15-12-9-2)40-28-37-61(7)38-29-41-63(43-34-58(65)68-45-36-56(6)31-26-30-55(4)5)44-35-60(67)71-48-54-77-74-51-25-22-19-16-13-10-3/h30,36H,8-29,31-35,37-54H2,1-7H3/b56-36+. The summed E-state index contributed by atoms with van der Waals surface area (Å²) in [6.07, 6.45) is 33.3. The van der Waals surface area contributed by atoms with E-state index in [1.165, 1.54) is 127 Å². The normalized spacial score (nSPS) is 11.7. The van der Waals surface area contributed by atoms with Crippen LogP contribution in [0.15, 0.2) is 23.3 Å². The molecule has 0 aliphatic rings. The number of hydrogen-bond acceptors (Lipinski definition) is 17. The van der Waals surface area contributed by atoms with Gasteiger partial charge in [0.2, 0.25) is 0 Å². The van der Waals surface area contributed by atoms with Crippen LogP contribution in [0.25, 0.3) is 0 Å². The summed E-state index contributed by atoms with van der Waals surface area (Å²) in [5.74, 6) is 5.05. The van der Waals surface area contributed by atoms with Gasteiger partial charge in [0.25, 0.3) is 0 Å². The molecule has 0 saturated carbocycles. The zero-order valence-electron chi connectivity index (χ0n) is 50.0. The zero-order valence-corrected chi connectivity index (χ0v) is 54.9. The van der Waals surface area contributed by atoms with Gasteiger partial charge in [-0.15, -0.1) is 0 Å². The minimum absolute atomic E-state index is 0.156. The maximum atomic E-state index is 12.8. The number of esters is 4. The molecule has 0 fully saturated rings. The van der Waals surface area contributed by atoms with Crippen LogP contribution in [0.5, 0.6) is 0 Å². The summed E-state index contributed by atoms with van der Waals surface area (Å²) in [4.78, 5) is 58.0. The van der Waals surface area contributed by atoms with Crippen LogP contribution in [0.2, 0.25) is 0 Å². The predicted molar refractivity (Wildman–Crippen MR) is 344 cm³/mol. The van der Waals surface area contributed by atoms with Crippen molar-refractivity contribution < 1.29 is 38.1 Å². The molecule has 0 N–H and O–H groups in total. The second kappa shape index (κ2) is 59.9. The van der Waals surface area contributed by atoms with Crippen LogP contribution in [0.1, 0.15) is 215 Å². The first kappa shape index (κ1) is 76.3. The molecule has 0 aromatic carbocycles. The molecule has 0 atom stereocenters. The number of carbonyl (C=O) groups is 4. The Hall–Kier alpha value is -0.660. The summed E-state index contributed by atoms with van der Waals surface area (Å²) < 4.78 is 22.4. The van der Waals surface area contributed by atoms with Gasteiger partial charge in [-0.1, -0.05) is 199 Å². The Balaban J connectivity index is 5.11. The summed E-state index contributed by atoms with van der Waals surface area (Å²) in [5.41, 5.74) is 2.51. The number of unbranched alkanes of at least 4 members (excludes halogenated alkanes) is 15. The third-order valence-electron chi connectivity index (χ3n) is 12.8. The van der Waals surface area contributed by atoms with E-state index in [9.17, 15) is 19.2 Å². The van der Waals surface area contributed by atoms with Crippen molar-refractivity contribution >= 4 is 88.6 Å². The molecule has 77 heavy (non-hydrogen) atoms. The van der Waals surface area contributed by atoms with Crippen molar-refractivity contribution in [1.29, 1.82) is 0 Å². The largest absolute Gasteiger partial charge is 0.465 e. The van der Waals surface area contributed by atoms with E-state index < -0.39 is 0 Å². The molecule has 0 aliphatic heterocycles. The lowest BCUT2D eigenvalue weighted by Crippen LogP contribution is -2.34. The highest BCUT2D eigenvalue weighted by Gasteiger charge is 2.15. The number of rotatable bonds is 59. The SMILES string of the molecule is CCCCCCCCSSCCOC(=O)CCCN(CCCN(C)CCCN(CCC(=O)OC/C=C(\C)CCC=C(C)C)CCC(=O)OCCSSCCCCCCCC)CCC(=O)OCCSSCCCCCCCC. The number of ether oxygens (including phenoxy) is 4. The molecule has 0 unspecified atom stereocenters. The molecule has 0 rings (SSSR count). The van der Waals surface area contributed by atoms with Crippen molar-refractivity contribution in [1.82, 2.24) is 14.7 Å². The van der Waals surface area contributed by atoms with E-state index in [2.05, 4.69) is 69.4 Å². The highest BCUT2D eigenvalue weighted by Crippen LogP contribution is 2.25. The minimum atomic E-state index is -0.233. The minimum Gasteiger partial charge on any atom is -0.465 e. The van der Waals surface area contributed by atoms with Crippen molar-refractivity contribution in [3.8, 4) is 0 Å². The lowest BCUT2D eigenvalue weighted by atomic mass is 10.1. The van der Waals surface area contributed by atoms with Gasteiger partial charge in [0.15, 0.2) is 0 Å². The fraction of sp³-hybridized carbons (Fsp3) is 0.867. The van der Waals surface area contributed by atoms with Gasteiger partial charge in [0.1, 0.15) is 26.4 Å². The molecule has 0 radical (unpaired) electrons. The Labute approximate surface area is 496 Å². The number of hydrogen-bond donors (Lipinski definition) is 0. The number of carbonyl (C=O) groups excluding carboxylic acids is 4. The molecular weight excluding hydrogens is 1080 g/mol. The van der Waals surface area contributed by atoms with Gasteiger partial charge >= 0.3 is 23.9 Å². The first-order valence-corrected chi connectivity index (χ1v) is 37.7. The third kappa shape index (κ3) is 58.3. The fourth-order valence-corrected chi connectivity index (χ4v) is 14.0. The third-order valence-corrected chi connectivity index (χ3v) is 20.2. The molecule has 17 heteroatoms. The first-order valence-electron chi connectivity index (χ1n) is 30.3. The lowest BCUT2D eigenvalue weighted by Gasteiger charge is -2.25. The number of nitrogens with zero attached hydrogens (tertiary/aromatic N) is 3. The monoisotopic (exact) mass is 1200 g/mol. The van der Waals surface area contributed by atoms with E-state index in [4.69, 9.17) is 18.9 Å². The van der Waals surface area contributed by atoms with Crippen molar-refractivity contribution in [3.05, 3.63) is 23.3 Å². The van der Waals surface area contributed by atoms with E-state index in [1.54, 1.807) is 32.4 Å². The Kier molecular flexibility index (Phi) is 59.4. The smallest absolute Gasteiger partial charge is 0.307 e. The molecule has 11 nitrogen and oxygen atoms in total. The molecule has 0 amide bonds. The lowest BCUT2D eigenvalue weighted by molar-refractivity contribution is -0.144. The molecule has 0 spiro atoms. The van der Waals surface area contributed by atoms with Gasteiger partial charge in [-0.2, -0.15) is 0 Å². The van der Waals surface area contributed by atoms with Crippen LogP contribution in [0.4, 0.5) is 0 Å². The molecular formula is C60H113N3O8S6. The summed E-state index contributed by atoms with van der Waals surface area (Å²) >= 11 is 0. The van der Waals surface area contributed by atoms with E-state index in [0.717, 1.165) is 86.4 Å². The molecule has 0 aromatic heterocycles. The van der Waals surface area contributed by atoms with Gasteiger partial charge in [0, 0.05) is 60.6 Å². The molecule has 0 aliphatic carbocycles. The van der Waals surface area contributed by atoms with Crippen LogP contribution in [-0.4, -0.2) is 159 Å². The molecule has 0 bridgehead atoms. The summed E-state index contributed by atoms with van der Waals surface area (Å²) in [7, 11) is 13.1. The van der Waals surface area contributed by atoms with Gasteiger partial charge < -0.3 is 33.6 Å². The first-order chi connectivity index (χ1) is 37.5. The molecule has 0 aromatic rings. The maximum absolute atomic E-state index is 12.8. The van der Waals surface area contributed by atoms with E-state index in [1.807, 2.05) is 38.5 Å². The van der Waals surface area contributed by atoms with Crippen molar-refractivity contribution in [2.45, 2.75) is 215 Å². The van der Waals surface area contributed by atoms with Crippen LogP contribution in [0.3, 0.4) is 0 Å². The Morgan fingerprint density at radius 3 is 1.13 bits per heavy atom. The predicted octanol–water partition coefficient (Wildman–Crippen LogP) is 16.3. The number of allylic oxidation sites excluding steroid dienone is 3. The van der Waals surface area contributed by atoms with Crippen LogP contribution in [0, 0.1) is 0 Å². The maximum Gasteiger partial charge on any atom is 0.307 e. The Morgan fingerprint density at radius 1 is 0.364 bits per heavy atom. The van der Waals surface area contributed by atoms with Crippen molar-refractivity contribution in [2.75, 3.05) is 120 Å². The molecule has 0 heterocycles. The second-order valence-electron chi connectivity index (χ2n) is 20.5. The van der Waals surface area contributed by atoms with Gasteiger partial charge in [-0.05, 0) is 118 Å². The van der Waals surface area contributed by atoms with E-state index in [-0.39, 0.29) is 43.3 Å². The highest BCUT2D eigenvalue weighted by atomic mass is 33.1. The van der Waals surface area contributed by atoms with Crippen LogP contribution >= 0.6 is 64.8 Å². The van der Waals surface area contributed by atoms with Gasteiger partial charge in [0.05, 0.1) is 19.3 Å². The van der Waals surface area contributed by atoms with Gasteiger partial charge in [-0.3, -0.25) is 19.2 Å². The van der Waals surface area contributed by atoms with Gasteiger partial charge in [-0.25, -0.2) is 0 Å². The quantitative estimate of drug-likeness (QED) is 0.0189. The van der Waals surface area contributed by atoms with Crippen LogP contribution in [-0.2, 0) is 38.1 Å². The molecule has 452 valence electrons. The van der Waals surface area contributed by atoms with E-state index in [0.29, 0.717) is 65.3 Å². The topological polar surface area (TPSA) is 115 Å². The fourth-order valence-electron chi connectivity index (χ4n) is 8.11. The Bertz CT molecular complexity index is 1450. The van der Waals surface area contributed by atoms with Crippen LogP contribution < -0.4 is 0 Å². The highest BCUT2D eigenvalue weighted by molar-refractivity contribution is 8.77. The van der Waals surface area contributed by atoms with E-state index >= 15 is 0 Å². The summed E-state index contributed by atoms with van der Waals surface area (Å²) in [6, 6.07) is 0. The second-order valence-corrected chi connectivity index (χ2v) is 28.6. The summed E-state index contributed by atoms with van der Waals surface area (Å²) in [6.45, 7) is 20.2. The average Bonchev–Trinajstić information content (AvgIpc) is 3.40. The summed E-state index contributed by atoms with van der Waals surface area (Å²) in [5, 5.41) is 0.